The molecule has 2 heteroatoms. The van der Waals surface area contributed by atoms with Crippen LogP contribution in [0.5, 0.6) is 0 Å². The number of benzene rings is 1. The Kier molecular flexibility index (Phi) is 2.40. The van der Waals surface area contributed by atoms with Crippen LogP contribution in [-0.4, -0.2) is 6.41 Å². The fourth-order valence-electron chi connectivity index (χ4n) is 3.36. The second-order valence-electron chi connectivity index (χ2n) is 4.78. The van der Waals surface area contributed by atoms with Crippen LogP contribution in [0, 0.1) is 12.3 Å². The molecule has 1 aromatic rings. The van der Waals surface area contributed by atoms with Crippen molar-refractivity contribution < 1.29 is 4.79 Å². The predicted octanol–water partition coefficient (Wildman–Crippen LogP) is 2.21. The van der Waals surface area contributed by atoms with Gasteiger partial charge in [-0.25, -0.2) is 0 Å². The second-order valence-corrected chi connectivity index (χ2v) is 4.78. The lowest BCUT2D eigenvalue weighted by Gasteiger charge is -2.16. The van der Waals surface area contributed by atoms with Crippen LogP contribution in [0.4, 0.5) is 5.69 Å². The average Bonchev–Trinajstić information content (AvgIpc) is 2.96. The molecule has 0 radical (unpaired) electrons. The summed E-state index contributed by atoms with van der Waals surface area (Å²) in [7, 11) is 0. The number of nitrogens with one attached hydrogen (secondary N) is 1. The van der Waals surface area contributed by atoms with Gasteiger partial charge in [0.15, 0.2) is 0 Å². The molecule has 0 spiro atoms. The molecular weight excluding hydrogens is 210 g/mol. The van der Waals surface area contributed by atoms with E-state index in [2.05, 4.69) is 11.2 Å². The normalized spacial score (nSPS) is 16.2. The minimum Gasteiger partial charge on any atom is -0.328 e. The van der Waals surface area contributed by atoms with Gasteiger partial charge in [0.1, 0.15) is 0 Å². The van der Waals surface area contributed by atoms with Gasteiger partial charge in [-0.2, -0.15) is 0 Å². The first-order chi connectivity index (χ1) is 8.36. The third-order valence-corrected chi connectivity index (χ3v) is 3.99. The Hall–Kier alpha value is -1.75. The zero-order valence-corrected chi connectivity index (χ0v) is 9.81. The van der Waals surface area contributed by atoms with E-state index in [-0.39, 0.29) is 0 Å². The van der Waals surface area contributed by atoms with Crippen molar-refractivity contribution in [3.63, 3.8) is 0 Å². The number of terminal acetylenes is 1. The summed E-state index contributed by atoms with van der Waals surface area (Å²) in [4.78, 5) is 10.8. The number of carbonyl (C=O) groups excluding carboxylic acids is 1. The molecule has 0 atom stereocenters. The highest BCUT2D eigenvalue weighted by molar-refractivity contribution is 5.80. The van der Waals surface area contributed by atoms with Crippen molar-refractivity contribution in [2.24, 2.45) is 0 Å². The van der Waals surface area contributed by atoms with Crippen LogP contribution in [0.25, 0.3) is 0 Å². The quantitative estimate of drug-likeness (QED) is 0.607. The summed E-state index contributed by atoms with van der Waals surface area (Å²) in [5, 5.41) is 2.91. The lowest BCUT2D eigenvalue weighted by molar-refractivity contribution is -0.105. The fourth-order valence-corrected chi connectivity index (χ4v) is 3.36. The maximum Gasteiger partial charge on any atom is 0.211 e. The molecule has 3 rings (SSSR count). The molecule has 2 nitrogen and oxygen atoms in total. The number of amides is 1. The minimum absolute atomic E-state index is 0.794. The van der Waals surface area contributed by atoms with Gasteiger partial charge in [-0.1, -0.05) is 5.92 Å². The molecule has 0 bridgehead atoms. The Morgan fingerprint density at radius 1 is 1.00 bits per heavy atom. The van der Waals surface area contributed by atoms with Crippen LogP contribution in [0.15, 0.2) is 0 Å². The van der Waals surface area contributed by atoms with Crippen LogP contribution in [0.2, 0.25) is 0 Å². The molecule has 0 fully saturated rings. The van der Waals surface area contributed by atoms with Crippen molar-refractivity contribution in [1.82, 2.24) is 0 Å². The smallest absolute Gasteiger partial charge is 0.211 e. The van der Waals surface area contributed by atoms with Gasteiger partial charge in [-0.15, -0.1) is 6.42 Å². The summed E-state index contributed by atoms with van der Waals surface area (Å²) in [6.07, 6.45) is 13.0. The molecule has 2 aliphatic carbocycles. The molecule has 86 valence electrons. The highest BCUT2D eigenvalue weighted by atomic mass is 16.1. The van der Waals surface area contributed by atoms with Crippen molar-refractivity contribution in [3.8, 4) is 12.3 Å². The van der Waals surface area contributed by atoms with Crippen molar-refractivity contribution in [1.29, 1.82) is 0 Å². The minimum atomic E-state index is 0.794. The van der Waals surface area contributed by atoms with E-state index >= 15 is 0 Å². The van der Waals surface area contributed by atoms with E-state index in [0.29, 0.717) is 0 Å². The van der Waals surface area contributed by atoms with Crippen molar-refractivity contribution in [2.45, 2.75) is 38.5 Å². The highest BCUT2D eigenvalue weighted by Gasteiger charge is 2.27. The number of fused-ring (bicyclic) bond motifs is 2. The Morgan fingerprint density at radius 3 is 2.00 bits per heavy atom. The first kappa shape index (κ1) is 10.4. The maximum atomic E-state index is 10.8. The summed E-state index contributed by atoms with van der Waals surface area (Å²) in [6.45, 7) is 0. The molecule has 0 aliphatic heterocycles. The molecule has 0 unspecified atom stereocenters. The van der Waals surface area contributed by atoms with E-state index < -0.39 is 0 Å². The lowest BCUT2D eigenvalue weighted by Crippen LogP contribution is -2.06. The van der Waals surface area contributed by atoms with E-state index in [1.54, 1.807) is 0 Å². The van der Waals surface area contributed by atoms with Crippen LogP contribution < -0.4 is 5.32 Å². The average molecular weight is 225 g/mol. The molecule has 17 heavy (non-hydrogen) atoms. The second kappa shape index (κ2) is 3.92. The van der Waals surface area contributed by atoms with E-state index in [4.69, 9.17) is 6.42 Å². The Bertz CT molecular complexity index is 502. The third kappa shape index (κ3) is 1.39. The zero-order chi connectivity index (χ0) is 11.8. The third-order valence-electron chi connectivity index (χ3n) is 3.99. The summed E-state index contributed by atoms with van der Waals surface area (Å²) in [6, 6.07) is 0. The number of hydrogen-bond donors (Lipinski definition) is 1. The van der Waals surface area contributed by atoms with Crippen LogP contribution in [-0.2, 0) is 30.5 Å². The molecule has 0 saturated carbocycles. The molecule has 1 N–H and O–H groups in total. The van der Waals surface area contributed by atoms with Gasteiger partial charge in [-0.05, 0) is 60.8 Å². The van der Waals surface area contributed by atoms with Gasteiger partial charge in [-0.3, -0.25) is 4.79 Å². The van der Waals surface area contributed by atoms with E-state index in [1.807, 2.05) is 0 Å². The van der Waals surface area contributed by atoms with Crippen molar-refractivity contribution >= 4 is 12.1 Å². The van der Waals surface area contributed by atoms with Crippen molar-refractivity contribution in [2.75, 3.05) is 5.32 Å². The zero-order valence-electron chi connectivity index (χ0n) is 9.81. The van der Waals surface area contributed by atoms with E-state index in [9.17, 15) is 4.79 Å². The highest BCUT2D eigenvalue weighted by Crippen LogP contribution is 2.41. The molecule has 0 heterocycles. The molecule has 1 aromatic carbocycles. The fraction of sp³-hybridized carbons (Fsp3) is 0.400. The number of hydrogen-bond acceptors (Lipinski definition) is 1. The summed E-state index contributed by atoms with van der Waals surface area (Å²) < 4.78 is 0. The van der Waals surface area contributed by atoms with Gasteiger partial charge in [0.25, 0.3) is 0 Å². The Morgan fingerprint density at radius 2 is 1.53 bits per heavy atom. The first-order valence-electron chi connectivity index (χ1n) is 6.23. The topological polar surface area (TPSA) is 29.1 Å². The maximum absolute atomic E-state index is 10.8. The lowest BCUT2D eigenvalue weighted by atomic mass is 9.92. The standard InChI is InChI=1S/C15H15NO/c1-2-10-11-5-3-7-13(11)15(16-9-17)14-8-4-6-12(10)14/h1,9H,3-8H2,(H,16,17). The molecular formula is C15H15NO. The molecule has 0 aromatic heterocycles. The molecule has 1 amide bonds. The molecule has 0 saturated heterocycles. The van der Waals surface area contributed by atoms with Gasteiger partial charge in [0.05, 0.1) is 0 Å². The first-order valence-corrected chi connectivity index (χ1v) is 6.23. The van der Waals surface area contributed by atoms with Crippen molar-refractivity contribution in [3.05, 3.63) is 27.8 Å². The number of carbonyl (C=O) groups is 1. The van der Waals surface area contributed by atoms with Gasteiger partial charge in [0, 0.05) is 11.3 Å². The van der Waals surface area contributed by atoms with E-state index in [0.717, 1.165) is 56.2 Å². The van der Waals surface area contributed by atoms with Gasteiger partial charge >= 0.3 is 0 Å². The van der Waals surface area contributed by atoms with Crippen LogP contribution in [0.3, 0.4) is 0 Å². The van der Waals surface area contributed by atoms with Gasteiger partial charge < -0.3 is 5.32 Å². The summed E-state index contributed by atoms with van der Waals surface area (Å²) in [5.41, 5.74) is 7.42. The van der Waals surface area contributed by atoms with Gasteiger partial charge in [0.2, 0.25) is 6.41 Å². The summed E-state index contributed by atoms with van der Waals surface area (Å²) >= 11 is 0. The van der Waals surface area contributed by atoms with Crippen LogP contribution in [0.1, 0.15) is 40.7 Å². The Labute approximate surface area is 101 Å². The largest absolute Gasteiger partial charge is 0.328 e. The summed E-state index contributed by atoms with van der Waals surface area (Å²) in [5.74, 6) is 2.88. The van der Waals surface area contributed by atoms with Crippen LogP contribution >= 0.6 is 0 Å². The van der Waals surface area contributed by atoms with E-state index in [1.165, 1.54) is 22.3 Å². The predicted molar refractivity (Wildman–Crippen MR) is 68.1 cm³/mol. The SMILES string of the molecule is C#Cc1c2c(c(NC=O)c3c1CCC3)CCC2. The molecule has 2 aliphatic rings. The Balaban J connectivity index is 2.31. The monoisotopic (exact) mass is 225 g/mol. The number of anilines is 1. The number of rotatable bonds is 2.